The van der Waals surface area contributed by atoms with Gasteiger partial charge in [0.1, 0.15) is 5.52 Å². The molecule has 10 nitrogen and oxygen atoms in total. The summed E-state index contributed by atoms with van der Waals surface area (Å²) in [6.45, 7) is 9.70. The number of rotatable bonds is 8. The van der Waals surface area contributed by atoms with E-state index < -0.39 is 23.1 Å². The first kappa shape index (κ1) is 43.1. The van der Waals surface area contributed by atoms with Gasteiger partial charge in [-0.3, -0.25) is 19.2 Å². The lowest BCUT2D eigenvalue weighted by molar-refractivity contribution is -0.145. The van der Waals surface area contributed by atoms with E-state index in [-0.39, 0.29) is 55.4 Å². The van der Waals surface area contributed by atoms with Crippen LogP contribution in [0.15, 0.2) is 54.6 Å². The van der Waals surface area contributed by atoms with E-state index in [0.29, 0.717) is 17.6 Å². The average molecular weight is 807 g/mol. The number of methoxy groups -OCH3 is 3. The van der Waals surface area contributed by atoms with Crippen LogP contribution in [0, 0.1) is 46.0 Å². The number of esters is 1. The Labute approximate surface area is 317 Å². The summed E-state index contributed by atoms with van der Waals surface area (Å²) in [5.41, 5.74) is 4.53. The summed E-state index contributed by atoms with van der Waals surface area (Å²) in [7, 11) is 4.42. The van der Waals surface area contributed by atoms with E-state index in [2.05, 4.69) is 26.0 Å². The van der Waals surface area contributed by atoms with Gasteiger partial charge in [0.05, 0.1) is 30.6 Å². The van der Waals surface area contributed by atoms with Crippen LogP contribution in [-0.4, -0.2) is 70.2 Å². The number of amides is 3. The summed E-state index contributed by atoms with van der Waals surface area (Å²) in [6, 6.07) is 14.9. The van der Waals surface area contributed by atoms with Gasteiger partial charge in [0.2, 0.25) is 17.7 Å². The molecule has 0 aliphatic carbocycles. The minimum Gasteiger partial charge on any atom is -0.469 e. The van der Waals surface area contributed by atoms with Crippen molar-refractivity contribution in [1.82, 2.24) is 0 Å². The number of alkyl halides is 4. The van der Waals surface area contributed by atoms with Crippen LogP contribution in [0.3, 0.4) is 0 Å². The number of benzene rings is 3. The number of hydrogen-bond acceptors (Lipinski definition) is 7. The van der Waals surface area contributed by atoms with Crippen LogP contribution >= 0.6 is 15.9 Å². The van der Waals surface area contributed by atoms with Gasteiger partial charge in [-0.05, 0) is 80.6 Å². The van der Waals surface area contributed by atoms with Gasteiger partial charge >= 0.3 is 12.1 Å². The largest absolute Gasteiger partial charge is 0.469 e. The van der Waals surface area contributed by atoms with Crippen LogP contribution in [0.5, 0.6) is 0 Å². The number of anilines is 3. The lowest BCUT2D eigenvalue weighted by Gasteiger charge is -2.28. The monoisotopic (exact) mass is 805 g/mol. The molecular formula is C39H47BrF3N3O7. The van der Waals surface area contributed by atoms with Gasteiger partial charge in [-0.25, -0.2) is 0 Å². The van der Waals surface area contributed by atoms with E-state index in [9.17, 15) is 32.3 Å². The van der Waals surface area contributed by atoms with Crippen LogP contribution in [0.2, 0.25) is 0 Å². The number of nitrogens with one attached hydrogen (secondary N) is 1. The Balaban J connectivity index is 0.000000289. The Morgan fingerprint density at radius 2 is 1.38 bits per heavy atom. The smallest absolute Gasteiger partial charge is 0.416 e. The predicted octanol–water partition coefficient (Wildman–Crippen LogP) is 7.45. The molecule has 2 fully saturated rings. The van der Waals surface area contributed by atoms with Crippen molar-refractivity contribution in [2.24, 2.45) is 11.3 Å². The molecule has 0 bridgehead atoms. The van der Waals surface area contributed by atoms with Gasteiger partial charge in [-0.2, -0.15) is 13.2 Å². The minimum absolute atomic E-state index is 0.0113. The molecule has 2 aliphatic heterocycles. The van der Waals surface area contributed by atoms with Crippen molar-refractivity contribution in [2.75, 3.05) is 61.7 Å². The minimum atomic E-state index is -4.53. The van der Waals surface area contributed by atoms with Crippen LogP contribution in [-0.2, 0) is 39.6 Å². The molecule has 14 heteroatoms. The lowest BCUT2D eigenvalue weighted by Crippen LogP contribution is -2.42. The molecule has 2 saturated heterocycles. The molecule has 0 spiro atoms. The Morgan fingerprint density at radius 1 is 0.849 bits per heavy atom. The van der Waals surface area contributed by atoms with Crippen molar-refractivity contribution in [2.45, 2.75) is 53.6 Å². The van der Waals surface area contributed by atoms with Crippen molar-refractivity contribution < 1.29 is 46.6 Å². The van der Waals surface area contributed by atoms with Crippen molar-refractivity contribution in [3.8, 4) is 0 Å². The molecule has 3 amide bonds. The van der Waals surface area contributed by atoms with Gasteiger partial charge in [0.25, 0.3) is 0 Å². The number of nitrogens with zero attached hydrogens (tertiary/aromatic N) is 2. The molecule has 2 aliphatic rings. The van der Waals surface area contributed by atoms with E-state index in [4.69, 9.17) is 9.47 Å². The standard InChI is InChI=1S/C23H25F3N2O3.C14H17NO3.C2H5BrO/c1-14-8-17(23(24,25)26)10-18(9-14)27-21(30)22(13-31-4)11-19(29)28(12-22)20-15(2)6-5-7-16(20)3;1-9-5-4-6-10(2)13(9)15-8-11(7-12(15)16)14(17)18-3;1-4-2-3/h5-10H,11-13H2,1-4H3,(H,27,30);4-6,11H,7-8H2,1-3H3;2H2,1H3. The fourth-order valence-corrected chi connectivity index (χ4v) is 6.62. The molecule has 2 atom stereocenters. The second-order valence-electron chi connectivity index (χ2n) is 13.2. The topological polar surface area (TPSA) is 114 Å². The maximum absolute atomic E-state index is 13.2. The van der Waals surface area contributed by atoms with Crippen molar-refractivity contribution in [3.63, 3.8) is 0 Å². The fourth-order valence-electron chi connectivity index (χ4n) is 6.62. The summed E-state index contributed by atoms with van der Waals surface area (Å²) in [6.07, 6.45) is -4.39. The number of carbonyl (C=O) groups is 4. The molecular weight excluding hydrogens is 759 g/mol. The van der Waals surface area contributed by atoms with Gasteiger partial charge < -0.3 is 29.3 Å². The van der Waals surface area contributed by atoms with Crippen LogP contribution in [0.25, 0.3) is 0 Å². The number of para-hydroxylation sites is 2. The SMILES string of the molecule is COC(=O)C1CC(=O)N(c2c(C)cccc2C)C1.COCBr.COCC1(C(=O)Nc2cc(C)cc(C(F)(F)F)c2)CC(=O)N(c2c(C)cccc2C)C1. The first-order valence-corrected chi connectivity index (χ1v) is 17.9. The summed E-state index contributed by atoms with van der Waals surface area (Å²) < 4.78 is 53.9. The molecule has 53 heavy (non-hydrogen) atoms. The van der Waals surface area contributed by atoms with E-state index in [1.165, 1.54) is 27.2 Å². The first-order valence-electron chi connectivity index (χ1n) is 16.8. The Morgan fingerprint density at radius 3 is 1.85 bits per heavy atom. The van der Waals surface area contributed by atoms with Gasteiger partial charge in [0.15, 0.2) is 0 Å². The second-order valence-corrected chi connectivity index (χ2v) is 13.7. The number of carbonyl (C=O) groups excluding carboxylic acids is 4. The molecule has 1 N–H and O–H groups in total. The van der Waals surface area contributed by atoms with Crippen molar-refractivity contribution in [1.29, 1.82) is 0 Å². The first-order chi connectivity index (χ1) is 24.9. The van der Waals surface area contributed by atoms with Gasteiger partial charge in [0, 0.05) is 57.2 Å². The Bertz CT molecular complexity index is 1760. The number of halogens is 4. The average Bonchev–Trinajstić information content (AvgIpc) is 3.63. The maximum atomic E-state index is 13.2. The van der Waals surface area contributed by atoms with Crippen LogP contribution in [0.1, 0.15) is 46.2 Å². The summed E-state index contributed by atoms with van der Waals surface area (Å²) >= 11 is 3.03. The third-order valence-electron chi connectivity index (χ3n) is 9.00. The van der Waals surface area contributed by atoms with E-state index in [0.717, 1.165) is 45.8 Å². The normalized spacial score (nSPS) is 18.2. The quantitative estimate of drug-likeness (QED) is 0.186. The van der Waals surface area contributed by atoms with Crippen LogP contribution < -0.4 is 15.1 Å². The molecule has 0 radical (unpaired) electrons. The highest BCUT2D eigenvalue weighted by Gasteiger charge is 2.50. The summed E-state index contributed by atoms with van der Waals surface area (Å²) in [5.74, 6) is -1.44. The Hall–Kier alpha value is -4.27. The second kappa shape index (κ2) is 18.7. The molecule has 0 aromatic heterocycles. The van der Waals surface area contributed by atoms with Gasteiger partial charge in [-0.15, -0.1) is 0 Å². The molecule has 3 aromatic carbocycles. The van der Waals surface area contributed by atoms with Crippen LogP contribution in [0.4, 0.5) is 30.2 Å². The lowest BCUT2D eigenvalue weighted by atomic mass is 9.86. The van der Waals surface area contributed by atoms with Gasteiger partial charge in [-0.1, -0.05) is 52.3 Å². The van der Waals surface area contributed by atoms with E-state index in [1.54, 1.807) is 16.9 Å². The molecule has 2 unspecified atom stereocenters. The van der Waals surface area contributed by atoms with E-state index in [1.807, 2.05) is 64.1 Å². The zero-order valence-corrected chi connectivity index (χ0v) is 32.9. The van der Waals surface area contributed by atoms with Crippen molar-refractivity contribution >= 4 is 56.7 Å². The number of ether oxygens (including phenoxy) is 3. The highest BCUT2D eigenvalue weighted by molar-refractivity contribution is 9.09. The summed E-state index contributed by atoms with van der Waals surface area (Å²) in [5, 5.41) is 2.59. The third kappa shape index (κ3) is 10.7. The number of aryl methyl sites for hydroxylation is 5. The maximum Gasteiger partial charge on any atom is 0.416 e. The van der Waals surface area contributed by atoms with E-state index >= 15 is 0 Å². The highest BCUT2D eigenvalue weighted by atomic mass is 79.9. The Kier molecular flexibility index (Phi) is 15.2. The zero-order valence-electron chi connectivity index (χ0n) is 31.3. The molecule has 2 heterocycles. The molecule has 3 aromatic rings. The molecule has 5 rings (SSSR count). The molecule has 0 saturated carbocycles. The summed E-state index contributed by atoms with van der Waals surface area (Å²) in [4.78, 5) is 53.0. The molecule has 288 valence electrons. The fraction of sp³-hybridized carbons (Fsp3) is 0.436. The highest BCUT2D eigenvalue weighted by Crippen LogP contribution is 2.39. The third-order valence-corrected chi connectivity index (χ3v) is 9.46. The van der Waals surface area contributed by atoms with Crippen molar-refractivity contribution in [3.05, 3.63) is 88.0 Å². The predicted molar refractivity (Wildman–Crippen MR) is 201 cm³/mol. The number of hydrogen-bond donors (Lipinski definition) is 1. The zero-order chi connectivity index (χ0) is 39.7.